The first-order valence-corrected chi connectivity index (χ1v) is 13.5. The van der Waals surface area contributed by atoms with Crippen LogP contribution in [0, 0.1) is 5.92 Å². The van der Waals surface area contributed by atoms with Crippen LogP contribution in [0.15, 0.2) is 34.4 Å². The highest BCUT2D eigenvalue weighted by atomic mass is 16.7. The van der Waals surface area contributed by atoms with Crippen molar-refractivity contribution in [1.82, 2.24) is 4.57 Å². The van der Waals surface area contributed by atoms with E-state index in [0.717, 1.165) is 16.4 Å². The summed E-state index contributed by atoms with van der Waals surface area (Å²) < 4.78 is 31.1. The largest absolute Gasteiger partial charge is 0.494 e. The fourth-order valence-corrected chi connectivity index (χ4v) is 4.77. The van der Waals surface area contributed by atoms with E-state index in [2.05, 4.69) is 13.8 Å². The molecular formula is C29H42BN3O6. The Morgan fingerprint density at radius 1 is 1.05 bits per heavy atom. The minimum atomic E-state index is -0.653. The molecule has 212 valence electrons. The normalized spacial score (nSPS) is 22.6. The Morgan fingerprint density at radius 2 is 1.67 bits per heavy atom. The average Bonchev–Trinajstić information content (AvgIpc) is 3.30. The second kappa shape index (κ2) is 10.3. The number of aliphatic imine (C=N–C) groups is 2. The summed E-state index contributed by atoms with van der Waals surface area (Å²) in [6, 6.07) is 5.33. The molecule has 1 fully saturated rings. The Labute approximate surface area is 232 Å². The molecule has 0 aliphatic carbocycles. The van der Waals surface area contributed by atoms with Gasteiger partial charge < -0.3 is 23.5 Å². The van der Waals surface area contributed by atoms with E-state index in [-0.39, 0.29) is 18.0 Å². The van der Waals surface area contributed by atoms with Gasteiger partial charge in [0.15, 0.2) is 0 Å². The van der Waals surface area contributed by atoms with Gasteiger partial charge in [0, 0.05) is 18.0 Å². The van der Waals surface area contributed by atoms with Gasteiger partial charge in [-0.1, -0.05) is 26.0 Å². The van der Waals surface area contributed by atoms with E-state index in [1.807, 2.05) is 72.9 Å². The third kappa shape index (κ3) is 5.73. The van der Waals surface area contributed by atoms with Crippen LogP contribution in [0.4, 0.5) is 4.79 Å². The van der Waals surface area contributed by atoms with Crippen molar-refractivity contribution in [2.75, 3.05) is 14.2 Å². The van der Waals surface area contributed by atoms with Gasteiger partial charge in [-0.3, -0.25) is 4.57 Å². The molecule has 2 aliphatic heterocycles. The molecule has 0 unspecified atom stereocenters. The maximum atomic E-state index is 13.3. The van der Waals surface area contributed by atoms with E-state index < -0.39 is 30.0 Å². The summed E-state index contributed by atoms with van der Waals surface area (Å²) in [4.78, 5) is 23.0. The summed E-state index contributed by atoms with van der Waals surface area (Å²) in [7, 11) is 2.67. The van der Waals surface area contributed by atoms with Crippen molar-refractivity contribution >= 4 is 41.4 Å². The van der Waals surface area contributed by atoms with Crippen LogP contribution in [0.3, 0.4) is 0 Å². The van der Waals surface area contributed by atoms with Crippen LogP contribution in [-0.4, -0.2) is 72.7 Å². The van der Waals surface area contributed by atoms with Crippen LogP contribution in [0.5, 0.6) is 0 Å². The standard InChI is InChI=1S/C29H42BN3O6/c1-17(2)23-25(36-11)31-21(24(32-23)35-10)14-18-16-33(26(34)37-27(3,4)5)22-15-19(12-13-20(18)22)30-38-28(6,7)29(8,9)39-30/h12-13,15-17,21,23H,14H2,1-11H3/t21-,23+/m0/s1. The van der Waals surface area contributed by atoms with E-state index in [1.54, 1.807) is 18.8 Å². The van der Waals surface area contributed by atoms with Gasteiger partial charge in [0.2, 0.25) is 11.8 Å². The highest BCUT2D eigenvalue weighted by Gasteiger charge is 2.51. The van der Waals surface area contributed by atoms with Gasteiger partial charge in [0.05, 0.1) is 30.9 Å². The summed E-state index contributed by atoms with van der Waals surface area (Å²) in [5.74, 6) is 1.33. The molecule has 0 amide bonds. The minimum Gasteiger partial charge on any atom is -0.483 e. The van der Waals surface area contributed by atoms with Crippen molar-refractivity contribution < 1.29 is 28.3 Å². The molecule has 10 heteroatoms. The number of rotatable bonds is 4. The van der Waals surface area contributed by atoms with Gasteiger partial charge >= 0.3 is 13.2 Å². The van der Waals surface area contributed by atoms with Crippen LogP contribution in [0.25, 0.3) is 10.9 Å². The van der Waals surface area contributed by atoms with Gasteiger partial charge in [-0.15, -0.1) is 0 Å². The van der Waals surface area contributed by atoms with E-state index in [9.17, 15) is 4.79 Å². The monoisotopic (exact) mass is 539 g/mol. The molecule has 0 saturated carbocycles. The predicted molar refractivity (Wildman–Crippen MR) is 154 cm³/mol. The first-order valence-electron chi connectivity index (χ1n) is 13.5. The van der Waals surface area contributed by atoms with Crippen molar-refractivity contribution in [3.05, 3.63) is 30.0 Å². The maximum absolute atomic E-state index is 13.3. The molecule has 39 heavy (non-hydrogen) atoms. The number of methoxy groups -OCH3 is 2. The molecule has 3 heterocycles. The van der Waals surface area contributed by atoms with Gasteiger partial charge in [0.25, 0.3) is 0 Å². The molecule has 2 aliphatic rings. The molecule has 2 aromatic rings. The molecule has 0 bridgehead atoms. The van der Waals surface area contributed by atoms with Crippen LogP contribution in [0.2, 0.25) is 0 Å². The van der Waals surface area contributed by atoms with E-state index >= 15 is 0 Å². The van der Waals surface area contributed by atoms with E-state index in [4.69, 9.17) is 33.5 Å². The van der Waals surface area contributed by atoms with Crippen LogP contribution in [-0.2, 0) is 29.9 Å². The predicted octanol–water partition coefficient (Wildman–Crippen LogP) is 4.76. The Hall–Kier alpha value is -2.85. The molecule has 2 atom stereocenters. The third-order valence-electron chi connectivity index (χ3n) is 7.58. The van der Waals surface area contributed by atoms with Crippen molar-refractivity contribution in [3.63, 3.8) is 0 Å². The number of ether oxygens (including phenoxy) is 3. The Bertz CT molecular complexity index is 1290. The Kier molecular flexibility index (Phi) is 7.68. The lowest BCUT2D eigenvalue weighted by atomic mass is 9.78. The summed E-state index contributed by atoms with van der Waals surface area (Å²) in [5, 5.41) is 0.900. The van der Waals surface area contributed by atoms with Crippen LogP contribution >= 0.6 is 0 Å². The number of carbonyl (C=O) groups is 1. The number of hydrogen-bond acceptors (Lipinski definition) is 8. The fourth-order valence-electron chi connectivity index (χ4n) is 4.77. The molecule has 0 radical (unpaired) electrons. The minimum absolute atomic E-state index is 0.202. The first-order chi connectivity index (χ1) is 18.1. The lowest BCUT2D eigenvalue weighted by Crippen LogP contribution is -2.41. The zero-order chi connectivity index (χ0) is 28.9. The lowest BCUT2D eigenvalue weighted by Gasteiger charge is -2.32. The molecule has 1 aromatic carbocycles. The smallest absolute Gasteiger partial charge is 0.483 e. The Morgan fingerprint density at radius 3 is 2.21 bits per heavy atom. The highest BCUT2D eigenvalue weighted by Crippen LogP contribution is 2.37. The molecule has 0 spiro atoms. The lowest BCUT2D eigenvalue weighted by molar-refractivity contribution is 0.00578. The van der Waals surface area contributed by atoms with Crippen molar-refractivity contribution in [1.29, 1.82) is 0 Å². The zero-order valence-electron chi connectivity index (χ0n) is 25.1. The fraction of sp³-hybridized carbons (Fsp3) is 0.621. The summed E-state index contributed by atoms with van der Waals surface area (Å²) in [6.45, 7) is 17.8. The quantitative estimate of drug-likeness (QED) is 0.520. The van der Waals surface area contributed by atoms with Gasteiger partial charge in [-0.2, -0.15) is 0 Å². The zero-order valence-corrected chi connectivity index (χ0v) is 25.1. The number of benzene rings is 1. The molecular weight excluding hydrogens is 497 g/mol. The van der Waals surface area contributed by atoms with Crippen molar-refractivity contribution in [2.45, 2.75) is 97.6 Å². The molecule has 4 rings (SSSR count). The van der Waals surface area contributed by atoms with Gasteiger partial charge in [-0.05, 0) is 71.5 Å². The molecule has 0 N–H and O–H groups in total. The second-order valence-electron chi connectivity index (χ2n) is 12.6. The summed E-state index contributed by atoms with van der Waals surface area (Å²) in [5.41, 5.74) is 0.827. The third-order valence-corrected chi connectivity index (χ3v) is 7.58. The van der Waals surface area contributed by atoms with E-state index in [0.29, 0.717) is 23.7 Å². The average molecular weight is 539 g/mol. The topological polar surface area (TPSA) is 92.9 Å². The Balaban J connectivity index is 1.77. The number of hydrogen-bond donors (Lipinski definition) is 0. The van der Waals surface area contributed by atoms with Crippen molar-refractivity contribution in [2.24, 2.45) is 15.9 Å². The summed E-state index contributed by atoms with van der Waals surface area (Å²) in [6.07, 6.45) is 1.82. The van der Waals surface area contributed by atoms with E-state index in [1.165, 1.54) is 0 Å². The van der Waals surface area contributed by atoms with Gasteiger partial charge in [-0.25, -0.2) is 14.8 Å². The molecule has 9 nitrogen and oxygen atoms in total. The number of nitrogens with zero attached hydrogens (tertiary/aromatic N) is 3. The first kappa shape index (κ1) is 29.1. The number of fused-ring (bicyclic) bond motifs is 1. The molecule has 1 aromatic heterocycles. The number of aromatic nitrogens is 1. The second-order valence-corrected chi connectivity index (χ2v) is 12.6. The van der Waals surface area contributed by atoms with Crippen LogP contribution in [0.1, 0.15) is 67.9 Å². The number of carbonyl (C=O) groups excluding carboxylic acids is 1. The van der Waals surface area contributed by atoms with Crippen molar-refractivity contribution in [3.8, 4) is 0 Å². The molecule has 1 saturated heterocycles. The SMILES string of the molecule is COC1=N[C@H](C(C)C)C(OC)=N[C@H]1Cc1cn(C(=O)OC(C)(C)C)c2cc(B3OC(C)(C)C(C)(C)O3)ccc12. The summed E-state index contributed by atoms with van der Waals surface area (Å²) >= 11 is 0. The maximum Gasteiger partial charge on any atom is 0.494 e. The van der Waals surface area contributed by atoms with Gasteiger partial charge in [0.1, 0.15) is 17.7 Å². The highest BCUT2D eigenvalue weighted by molar-refractivity contribution is 6.62. The van der Waals surface area contributed by atoms with Crippen LogP contribution < -0.4 is 5.46 Å².